The van der Waals surface area contributed by atoms with Gasteiger partial charge in [0, 0.05) is 22.3 Å². The number of hydrogen-bond donors (Lipinski definition) is 1. The molecule has 0 fully saturated rings. The average Bonchev–Trinajstić information content (AvgIpc) is 2.62. The largest absolute Gasteiger partial charge is 0.496 e. The summed E-state index contributed by atoms with van der Waals surface area (Å²) in [6.07, 6.45) is 1.89. The van der Waals surface area contributed by atoms with Gasteiger partial charge in [0.1, 0.15) is 5.75 Å². The molecule has 0 radical (unpaired) electrons. The summed E-state index contributed by atoms with van der Waals surface area (Å²) in [7, 11) is 1.55. The van der Waals surface area contributed by atoms with Crippen LogP contribution < -0.4 is 10.1 Å². The molecule has 0 aliphatic heterocycles. The lowest BCUT2D eigenvalue weighted by molar-refractivity contribution is -0.148. The van der Waals surface area contributed by atoms with Crippen LogP contribution in [-0.4, -0.2) is 25.1 Å². The lowest BCUT2D eigenvalue weighted by atomic mass is 10.2. The van der Waals surface area contributed by atoms with E-state index in [4.69, 9.17) is 21.1 Å². The third kappa shape index (κ3) is 5.65. The normalized spacial score (nSPS) is 11.8. The third-order valence-corrected chi connectivity index (χ3v) is 3.56. The van der Waals surface area contributed by atoms with Crippen molar-refractivity contribution in [3.05, 3.63) is 65.2 Å². The van der Waals surface area contributed by atoms with E-state index in [-0.39, 0.29) is 0 Å². The summed E-state index contributed by atoms with van der Waals surface area (Å²) in [6, 6.07) is 13.9. The zero-order valence-electron chi connectivity index (χ0n) is 13.9. The quantitative estimate of drug-likeness (QED) is 0.627. The minimum atomic E-state index is -0.939. The molecule has 2 aromatic carbocycles. The summed E-state index contributed by atoms with van der Waals surface area (Å²) in [6.45, 7) is 1.50. The van der Waals surface area contributed by atoms with E-state index in [0.29, 0.717) is 16.5 Å². The van der Waals surface area contributed by atoms with Crippen LogP contribution in [0.1, 0.15) is 12.5 Å². The van der Waals surface area contributed by atoms with Gasteiger partial charge in [-0.05, 0) is 43.3 Å². The Hall–Kier alpha value is -2.79. The minimum absolute atomic E-state index is 0.429. The van der Waals surface area contributed by atoms with Crippen molar-refractivity contribution in [1.82, 2.24) is 0 Å². The first-order valence-corrected chi connectivity index (χ1v) is 7.95. The van der Waals surface area contributed by atoms with E-state index in [1.165, 1.54) is 13.0 Å². The lowest BCUT2D eigenvalue weighted by Crippen LogP contribution is -2.29. The number of carbonyl (C=O) groups excluding carboxylic acids is 2. The first-order chi connectivity index (χ1) is 12.0. The highest BCUT2D eigenvalue weighted by Gasteiger charge is 2.16. The number of ether oxygens (including phenoxy) is 2. The van der Waals surface area contributed by atoms with E-state index in [0.717, 1.165) is 5.56 Å². The Morgan fingerprint density at radius 1 is 1.12 bits per heavy atom. The molecule has 6 heteroatoms. The first-order valence-electron chi connectivity index (χ1n) is 7.57. The molecule has 2 rings (SSSR count). The highest BCUT2D eigenvalue weighted by atomic mass is 35.5. The van der Waals surface area contributed by atoms with Gasteiger partial charge in [0.25, 0.3) is 5.91 Å². The Morgan fingerprint density at radius 3 is 2.48 bits per heavy atom. The number of esters is 1. The number of para-hydroxylation sites is 1. The molecular weight excluding hydrogens is 342 g/mol. The van der Waals surface area contributed by atoms with E-state index in [1.807, 2.05) is 12.1 Å². The van der Waals surface area contributed by atoms with Crippen LogP contribution in [0.15, 0.2) is 54.6 Å². The molecule has 130 valence electrons. The molecule has 1 atom stereocenters. The molecule has 0 saturated heterocycles. The second-order valence-electron chi connectivity index (χ2n) is 5.15. The van der Waals surface area contributed by atoms with E-state index in [1.54, 1.807) is 49.6 Å². The molecule has 1 amide bonds. The van der Waals surface area contributed by atoms with Crippen LogP contribution in [0.3, 0.4) is 0 Å². The second-order valence-corrected chi connectivity index (χ2v) is 5.59. The minimum Gasteiger partial charge on any atom is -0.496 e. The molecule has 0 bridgehead atoms. The van der Waals surface area contributed by atoms with Crippen LogP contribution in [0.2, 0.25) is 5.02 Å². The number of halogens is 1. The van der Waals surface area contributed by atoms with Crippen molar-refractivity contribution in [1.29, 1.82) is 0 Å². The molecule has 1 N–H and O–H groups in total. The van der Waals surface area contributed by atoms with E-state index in [9.17, 15) is 9.59 Å². The van der Waals surface area contributed by atoms with Gasteiger partial charge in [0.05, 0.1) is 7.11 Å². The number of anilines is 1. The molecule has 0 unspecified atom stereocenters. The Bertz CT molecular complexity index is 771. The summed E-state index contributed by atoms with van der Waals surface area (Å²) in [5, 5.41) is 3.22. The third-order valence-electron chi connectivity index (χ3n) is 3.31. The van der Waals surface area contributed by atoms with Crippen LogP contribution in [-0.2, 0) is 14.3 Å². The SMILES string of the molecule is COc1ccccc1/C=C/C(=O)O[C@@H](C)C(=O)Nc1ccc(Cl)cc1. The van der Waals surface area contributed by atoms with Gasteiger partial charge in [-0.2, -0.15) is 0 Å². The predicted octanol–water partition coefficient (Wildman–Crippen LogP) is 3.93. The average molecular weight is 360 g/mol. The zero-order chi connectivity index (χ0) is 18.2. The lowest BCUT2D eigenvalue weighted by Gasteiger charge is -2.12. The number of carbonyl (C=O) groups is 2. The molecule has 2 aromatic rings. The highest BCUT2D eigenvalue weighted by Crippen LogP contribution is 2.18. The number of amides is 1. The summed E-state index contributed by atoms with van der Waals surface area (Å²) >= 11 is 5.79. The van der Waals surface area contributed by atoms with Crippen LogP contribution in [0, 0.1) is 0 Å². The summed E-state index contributed by atoms with van der Waals surface area (Å²) in [4.78, 5) is 23.9. The van der Waals surface area contributed by atoms with E-state index in [2.05, 4.69) is 5.32 Å². The Labute approximate surface area is 151 Å². The molecule has 0 spiro atoms. The van der Waals surface area contributed by atoms with Gasteiger partial charge in [-0.3, -0.25) is 4.79 Å². The van der Waals surface area contributed by atoms with Crippen molar-refractivity contribution in [2.45, 2.75) is 13.0 Å². The van der Waals surface area contributed by atoms with Gasteiger partial charge in [0.2, 0.25) is 0 Å². The van der Waals surface area contributed by atoms with Crippen molar-refractivity contribution in [3.8, 4) is 5.75 Å². The molecule has 25 heavy (non-hydrogen) atoms. The van der Waals surface area contributed by atoms with Gasteiger partial charge in [-0.25, -0.2) is 4.79 Å². The van der Waals surface area contributed by atoms with Crippen molar-refractivity contribution < 1.29 is 19.1 Å². The van der Waals surface area contributed by atoms with Crippen molar-refractivity contribution >= 4 is 35.2 Å². The Kier molecular flexibility index (Phi) is 6.60. The van der Waals surface area contributed by atoms with Crippen molar-refractivity contribution in [2.24, 2.45) is 0 Å². The fourth-order valence-electron chi connectivity index (χ4n) is 2.01. The monoisotopic (exact) mass is 359 g/mol. The molecular formula is C19H18ClNO4. The predicted molar refractivity (Wildman–Crippen MR) is 97.7 cm³/mol. The van der Waals surface area contributed by atoms with E-state index < -0.39 is 18.0 Å². The van der Waals surface area contributed by atoms with Crippen LogP contribution in [0.25, 0.3) is 6.08 Å². The van der Waals surface area contributed by atoms with Crippen LogP contribution >= 0.6 is 11.6 Å². The van der Waals surface area contributed by atoms with Crippen molar-refractivity contribution in [3.63, 3.8) is 0 Å². The number of rotatable bonds is 6. The number of nitrogens with one attached hydrogen (secondary N) is 1. The topological polar surface area (TPSA) is 64.6 Å². The summed E-state index contributed by atoms with van der Waals surface area (Å²) < 4.78 is 10.3. The maximum absolute atomic E-state index is 12.0. The van der Waals surface area contributed by atoms with Gasteiger partial charge < -0.3 is 14.8 Å². The summed E-state index contributed by atoms with van der Waals surface area (Å²) in [5.74, 6) is -0.411. The molecule has 0 aromatic heterocycles. The molecule has 0 saturated carbocycles. The van der Waals surface area contributed by atoms with Gasteiger partial charge in [0.15, 0.2) is 6.10 Å². The molecule has 0 aliphatic rings. The van der Waals surface area contributed by atoms with Crippen LogP contribution in [0.4, 0.5) is 5.69 Å². The van der Waals surface area contributed by atoms with E-state index >= 15 is 0 Å². The maximum Gasteiger partial charge on any atom is 0.331 e. The molecule has 0 heterocycles. The standard InChI is InChI=1S/C19H18ClNO4/c1-13(19(23)21-16-10-8-15(20)9-11-16)25-18(22)12-7-14-5-3-4-6-17(14)24-2/h3-13H,1-2H3,(H,21,23)/b12-7+/t13-/m0/s1. The second kappa shape index (κ2) is 8.89. The first kappa shape index (κ1) is 18.5. The van der Waals surface area contributed by atoms with Gasteiger partial charge in [-0.15, -0.1) is 0 Å². The zero-order valence-corrected chi connectivity index (χ0v) is 14.6. The molecule has 5 nitrogen and oxygen atoms in total. The fourth-order valence-corrected chi connectivity index (χ4v) is 2.13. The van der Waals surface area contributed by atoms with Crippen molar-refractivity contribution in [2.75, 3.05) is 12.4 Å². The number of methoxy groups -OCH3 is 1. The maximum atomic E-state index is 12.0. The Morgan fingerprint density at radius 2 is 1.80 bits per heavy atom. The summed E-state index contributed by atoms with van der Waals surface area (Å²) in [5.41, 5.74) is 1.31. The molecule has 0 aliphatic carbocycles. The smallest absolute Gasteiger partial charge is 0.331 e. The van der Waals surface area contributed by atoms with Crippen LogP contribution in [0.5, 0.6) is 5.75 Å². The fraction of sp³-hybridized carbons (Fsp3) is 0.158. The number of benzene rings is 2. The Balaban J connectivity index is 1.91. The van der Waals surface area contributed by atoms with Gasteiger partial charge >= 0.3 is 5.97 Å². The highest BCUT2D eigenvalue weighted by molar-refractivity contribution is 6.30. The number of hydrogen-bond acceptors (Lipinski definition) is 4. The van der Waals surface area contributed by atoms with Gasteiger partial charge in [-0.1, -0.05) is 29.8 Å².